The maximum atomic E-state index is 14.3. The van der Waals surface area contributed by atoms with Gasteiger partial charge in [0.2, 0.25) is 12.1 Å². The van der Waals surface area contributed by atoms with Gasteiger partial charge in [-0.1, -0.05) is 39.8 Å². The molecule has 0 aromatic heterocycles. The van der Waals surface area contributed by atoms with Crippen LogP contribution in [-0.4, -0.2) is 188 Å². The molecule has 2 fully saturated rings. The van der Waals surface area contributed by atoms with Crippen LogP contribution in [-0.2, 0) is 33.3 Å². The third kappa shape index (κ3) is 11.5. The van der Waals surface area contributed by atoms with Gasteiger partial charge in [-0.3, -0.25) is 10.3 Å². The Morgan fingerprint density at radius 1 is 1.15 bits per heavy atom. The Hall–Kier alpha value is -3.27. The van der Waals surface area contributed by atoms with Crippen LogP contribution in [0.15, 0.2) is 64.7 Å². The van der Waals surface area contributed by atoms with Crippen molar-refractivity contribution in [3.63, 3.8) is 0 Å². The largest absolute Gasteiger partial charge is 0.478 e. The van der Waals surface area contributed by atoms with Crippen molar-refractivity contribution in [3.8, 4) is 0 Å². The lowest BCUT2D eigenvalue weighted by molar-refractivity contribution is -0.416. The number of carbonyl (C=O) groups excluding carboxylic acids is 1. The molecule has 1 saturated heterocycles. The molecule has 0 aromatic rings. The molecule has 62 heavy (non-hydrogen) atoms. The molecule has 0 radical (unpaired) electrons. The van der Waals surface area contributed by atoms with E-state index < -0.39 is 92.0 Å². The van der Waals surface area contributed by atoms with Crippen LogP contribution in [0.5, 0.6) is 0 Å². The monoisotopic (exact) mass is 917 g/mol. The number of aliphatic imine (C=N–C) groups is 1. The van der Waals surface area contributed by atoms with E-state index in [9.17, 15) is 55.5 Å². The summed E-state index contributed by atoms with van der Waals surface area (Å²) in [6.07, 6.45) is -2.12. The number of ether oxygens (including phenoxy) is 5. The molecule has 21 nitrogen and oxygen atoms in total. The lowest BCUT2D eigenvalue weighted by atomic mass is 9.83. The van der Waals surface area contributed by atoms with Gasteiger partial charge in [0.1, 0.15) is 24.5 Å². The van der Waals surface area contributed by atoms with Gasteiger partial charge in [-0.15, -0.1) is 6.58 Å². The van der Waals surface area contributed by atoms with Crippen molar-refractivity contribution in [3.05, 3.63) is 59.7 Å². The molecule has 0 spiro atoms. The molecule has 5 aliphatic rings. The molecule has 1 aliphatic carbocycles. The number of aliphatic hydroxyl groups excluding tert-OH is 6. The third-order valence-electron chi connectivity index (χ3n) is 11.4. The van der Waals surface area contributed by atoms with Gasteiger partial charge in [0.25, 0.3) is 0 Å². The molecule has 2 bridgehead atoms. The number of fused-ring (bicyclic) bond motifs is 4. The first kappa shape index (κ1) is 49.7. The molecule has 0 amide bonds. The molecular weight excluding hydrogens is 859 g/mol. The predicted molar refractivity (Wildman–Crippen MR) is 224 cm³/mol. The number of guanidine groups is 1. The van der Waals surface area contributed by atoms with Gasteiger partial charge in [-0.25, -0.2) is 9.59 Å². The zero-order valence-corrected chi connectivity index (χ0v) is 35.8. The van der Waals surface area contributed by atoms with Crippen molar-refractivity contribution >= 4 is 39.5 Å². The summed E-state index contributed by atoms with van der Waals surface area (Å²) < 4.78 is 29.8. The quantitative estimate of drug-likeness (QED) is 0.0153. The number of carbonyl (C=O) groups is 2. The van der Waals surface area contributed by atoms with E-state index in [4.69, 9.17) is 29.4 Å². The zero-order chi connectivity index (χ0) is 45.1. The van der Waals surface area contributed by atoms with E-state index in [1.165, 1.54) is 40.9 Å². The van der Waals surface area contributed by atoms with Gasteiger partial charge < -0.3 is 85.6 Å². The number of carboxylic acids is 1. The van der Waals surface area contributed by atoms with Crippen molar-refractivity contribution in [2.45, 2.75) is 74.3 Å². The molecule has 348 valence electrons. The van der Waals surface area contributed by atoms with E-state index in [2.05, 4.69) is 22.2 Å². The summed E-state index contributed by atoms with van der Waals surface area (Å²) in [5.74, 6) is -6.85. The number of nitrogens with zero attached hydrogens (tertiary/aromatic N) is 2. The fourth-order valence-corrected chi connectivity index (χ4v) is 10.7. The van der Waals surface area contributed by atoms with Crippen molar-refractivity contribution < 1.29 is 79.2 Å². The van der Waals surface area contributed by atoms with E-state index in [0.717, 1.165) is 6.26 Å². The maximum absolute atomic E-state index is 14.3. The van der Waals surface area contributed by atoms with Crippen LogP contribution in [0.2, 0.25) is 0 Å². The van der Waals surface area contributed by atoms with Gasteiger partial charge >= 0.3 is 11.9 Å². The van der Waals surface area contributed by atoms with Crippen LogP contribution in [0.4, 0.5) is 0 Å². The predicted octanol–water partition coefficient (Wildman–Crippen LogP) is -2.59. The molecule has 1 saturated carbocycles. The summed E-state index contributed by atoms with van der Waals surface area (Å²) in [4.78, 5) is 33.1. The molecule has 13 N–H and O–H groups in total. The van der Waals surface area contributed by atoms with Crippen LogP contribution in [0.3, 0.4) is 0 Å². The minimum Gasteiger partial charge on any atom is -0.478 e. The number of nitrogens with one attached hydrogen (secondary N) is 2. The average molecular weight is 918 g/mol. The topological polar surface area (TPSA) is 328 Å². The molecule has 23 heteroatoms. The number of carboxylic acid groups (broad SMARTS) is 1. The number of allylic oxidation sites excluding steroid dienone is 1. The average Bonchev–Trinajstić information content (AvgIpc) is 3.64. The first-order valence-electron chi connectivity index (χ1n) is 20.2. The van der Waals surface area contributed by atoms with Gasteiger partial charge in [-0.05, 0) is 37.8 Å². The normalized spacial score (nSPS) is 33.6. The summed E-state index contributed by atoms with van der Waals surface area (Å²) in [5.41, 5.74) is 6.40. The summed E-state index contributed by atoms with van der Waals surface area (Å²) in [7, 11) is 4.37. The van der Waals surface area contributed by atoms with Crippen molar-refractivity contribution in [2.24, 2.45) is 34.4 Å². The Morgan fingerprint density at radius 2 is 1.90 bits per heavy atom. The van der Waals surface area contributed by atoms with Gasteiger partial charge in [0, 0.05) is 55.8 Å². The smallest absolute Gasteiger partial charge is 0.339 e. The lowest BCUT2D eigenvalue weighted by Crippen LogP contribution is -2.69. The highest BCUT2D eigenvalue weighted by Crippen LogP contribution is 2.42. The van der Waals surface area contributed by atoms with Gasteiger partial charge in [0.05, 0.1) is 54.9 Å². The Morgan fingerprint density at radius 3 is 2.55 bits per heavy atom. The minimum atomic E-state index is -3.10. The van der Waals surface area contributed by atoms with Crippen LogP contribution in [0.25, 0.3) is 0 Å². The van der Waals surface area contributed by atoms with Crippen LogP contribution in [0, 0.1) is 23.7 Å². The molecule has 4 aliphatic heterocycles. The van der Waals surface area contributed by atoms with Gasteiger partial charge in [-0.2, -0.15) is 0 Å². The van der Waals surface area contributed by atoms with E-state index in [1.54, 1.807) is 17.1 Å². The molecule has 5 rings (SSSR count). The second-order valence-electron chi connectivity index (χ2n) is 15.3. The Kier molecular flexibility index (Phi) is 18.5. The Labute approximate surface area is 366 Å². The van der Waals surface area contributed by atoms with Crippen LogP contribution >= 0.6 is 21.6 Å². The summed E-state index contributed by atoms with van der Waals surface area (Å²) in [6, 6.07) is -0.552. The van der Waals surface area contributed by atoms with Crippen molar-refractivity contribution in [1.29, 1.82) is 0 Å². The number of aliphatic hydroxyl groups is 8. The zero-order valence-electron chi connectivity index (χ0n) is 34.2. The first-order chi connectivity index (χ1) is 29.8. The number of rotatable bonds is 15. The second-order valence-corrected chi connectivity index (χ2v) is 17.9. The van der Waals surface area contributed by atoms with Crippen LogP contribution < -0.4 is 16.4 Å². The highest BCUT2D eigenvalue weighted by molar-refractivity contribution is 8.76. The summed E-state index contributed by atoms with van der Waals surface area (Å²) >= 11 is 0. The van der Waals surface area contributed by atoms with Gasteiger partial charge in [0.15, 0.2) is 18.4 Å². The SMILES string of the molecule is C=CC1C(OC2OC(CO)C(O)C(O)(O)C2OC(CO)NC)OC=C2C(=O)OC3CCC(CO)C3CSSCC(CO)N3C=C(C(=O)O)C(NC(N)=NCCCO)=C(C=CC21)C3. The van der Waals surface area contributed by atoms with Crippen LogP contribution in [0.1, 0.15) is 19.3 Å². The summed E-state index contributed by atoms with van der Waals surface area (Å²) in [6.45, 7) is 2.06. The fraction of sp³-hybridized carbons (Fsp3) is 0.667. The highest BCUT2D eigenvalue weighted by atomic mass is 33.1. The van der Waals surface area contributed by atoms with E-state index in [0.29, 0.717) is 36.3 Å². The molecule has 12 unspecified atom stereocenters. The minimum absolute atomic E-state index is 0.00313. The number of nitrogens with two attached hydrogens (primary N) is 1. The highest BCUT2D eigenvalue weighted by Gasteiger charge is 2.58. The number of likely N-dealkylation sites (N-methyl/N-ethyl adjacent to an activating group) is 1. The lowest BCUT2D eigenvalue weighted by Gasteiger charge is -2.48. The third-order valence-corrected chi connectivity index (χ3v) is 14.0. The van der Waals surface area contributed by atoms with Crippen molar-refractivity contribution in [2.75, 3.05) is 64.7 Å². The first-order valence-corrected chi connectivity index (χ1v) is 22.7. The fourth-order valence-electron chi connectivity index (χ4n) is 7.87. The van der Waals surface area contributed by atoms with E-state index >= 15 is 0 Å². The number of aliphatic carboxylic acids is 1. The van der Waals surface area contributed by atoms with Crippen molar-refractivity contribution in [1.82, 2.24) is 15.5 Å². The molecule has 0 aromatic carbocycles. The molecule has 4 heterocycles. The maximum Gasteiger partial charge on any atom is 0.339 e. The Bertz CT molecular complexity index is 1710. The number of esters is 1. The number of hydrogen-bond donors (Lipinski definition) is 12. The van der Waals surface area contributed by atoms with E-state index in [-0.39, 0.29) is 67.5 Å². The van der Waals surface area contributed by atoms with E-state index in [1.807, 2.05) is 0 Å². The molecular formula is C39H59N5O16S2. The second kappa shape index (κ2) is 23.1. The summed E-state index contributed by atoms with van der Waals surface area (Å²) in [5, 5.41) is 98.8. The number of hydrogen-bond acceptors (Lipinski definition) is 20. The Balaban J connectivity index is 1.62. The molecule has 12 atom stereocenters. The standard InChI is InChI=1S/C39H59N5O16S2/c1-3-23-24-7-5-20-11-44(12-25(34(51)52)31(20)43-38(40)42-9-4-10-45)22(14-47)18-61-62-19-27-21(13-46)6-8-28(27)57-35(53)26(24)17-56-36(23)60-37-33(59-30(16-49)41-2)39(54,55)32(50)29(15-48)58-37/h3,5,7,12,17,21-24,27-30,32-33,36-37,41,45-50,54-55H,1,4,6,8-11,13-16,18-19H2,2H3,(H,51,52)(H3,40,42,43).